The zero-order chi connectivity index (χ0) is 14.2. The molecule has 20 heavy (non-hydrogen) atoms. The molecule has 8 heteroatoms. The molecule has 2 N–H and O–H groups in total. The van der Waals surface area contributed by atoms with Gasteiger partial charge in [-0.3, -0.25) is 0 Å². The van der Waals surface area contributed by atoms with Crippen LogP contribution in [-0.2, 0) is 11.2 Å². The van der Waals surface area contributed by atoms with Gasteiger partial charge in [-0.15, -0.1) is 11.3 Å². The second-order valence-electron chi connectivity index (χ2n) is 4.31. The predicted octanol–water partition coefficient (Wildman–Crippen LogP) is 0.827. The minimum atomic E-state index is -0.266. The van der Waals surface area contributed by atoms with Crippen molar-refractivity contribution >= 4 is 23.5 Å². The van der Waals surface area contributed by atoms with E-state index in [9.17, 15) is 9.59 Å². The number of aromatic nitrogens is 1. The summed E-state index contributed by atoms with van der Waals surface area (Å²) in [5, 5.41) is 8.45. The van der Waals surface area contributed by atoms with Gasteiger partial charge in [-0.1, -0.05) is 0 Å². The predicted molar refractivity (Wildman–Crippen MR) is 74.8 cm³/mol. The van der Waals surface area contributed by atoms with Crippen LogP contribution in [0.5, 0.6) is 0 Å². The van der Waals surface area contributed by atoms with Crippen molar-refractivity contribution < 1.29 is 14.3 Å². The van der Waals surface area contributed by atoms with Gasteiger partial charge in [-0.2, -0.15) is 0 Å². The number of ether oxygens (including phenoxy) is 1. The molecule has 1 saturated heterocycles. The Morgan fingerprint density at radius 3 is 3.00 bits per heavy atom. The molecule has 2 heterocycles. The first kappa shape index (κ1) is 14.6. The molecule has 0 unspecified atom stereocenters. The van der Waals surface area contributed by atoms with E-state index in [0.717, 1.165) is 17.8 Å². The summed E-state index contributed by atoms with van der Waals surface area (Å²) in [5.41, 5.74) is 0. The highest BCUT2D eigenvalue weighted by Gasteiger charge is 2.20. The molecule has 1 aromatic heterocycles. The molecule has 0 atom stereocenters. The summed E-state index contributed by atoms with van der Waals surface area (Å²) in [6.45, 7) is 2.81. The van der Waals surface area contributed by atoms with E-state index >= 15 is 0 Å². The van der Waals surface area contributed by atoms with E-state index in [2.05, 4.69) is 15.6 Å². The highest BCUT2D eigenvalue weighted by Crippen LogP contribution is 2.04. The fraction of sp³-hybridized carbons (Fsp3) is 0.583. The Bertz CT molecular complexity index is 438. The number of hydrogen-bond donors (Lipinski definition) is 2. The van der Waals surface area contributed by atoms with Gasteiger partial charge in [0.2, 0.25) is 0 Å². The summed E-state index contributed by atoms with van der Waals surface area (Å²) >= 11 is 1.58. The molecule has 0 saturated carbocycles. The van der Waals surface area contributed by atoms with Crippen LogP contribution in [0.1, 0.15) is 11.4 Å². The third kappa shape index (κ3) is 4.69. The average molecular weight is 298 g/mol. The zero-order valence-electron chi connectivity index (χ0n) is 11.1. The standard InChI is InChI=1S/C12H18N4O3S/c17-11(15-4-2-10-13-5-9-20-10)14-3-1-6-16-7-8-19-12(16)18/h5,9H,1-4,6-8H2,(H2,14,15,17). The van der Waals surface area contributed by atoms with Gasteiger partial charge in [0.1, 0.15) is 6.61 Å². The Morgan fingerprint density at radius 1 is 1.45 bits per heavy atom. The van der Waals surface area contributed by atoms with E-state index in [1.807, 2.05) is 5.38 Å². The van der Waals surface area contributed by atoms with Gasteiger partial charge in [-0.05, 0) is 6.42 Å². The normalized spacial score (nSPS) is 14.2. The molecule has 0 radical (unpaired) electrons. The maximum Gasteiger partial charge on any atom is 0.409 e. The fourth-order valence-electron chi connectivity index (χ4n) is 1.82. The molecule has 1 fully saturated rings. The van der Waals surface area contributed by atoms with Crippen LogP contribution < -0.4 is 10.6 Å². The summed E-state index contributed by atoms with van der Waals surface area (Å²) in [7, 11) is 0. The third-order valence-electron chi connectivity index (χ3n) is 2.84. The van der Waals surface area contributed by atoms with Gasteiger partial charge in [0.15, 0.2) is 0 Å². The molecule has 2 rings (SSSR count). The lowest BCUT2D eigenvalue weighted by Gasteiger charge is -2.12. The molecular formula is C12H18N4O3S. The Morgan fingerprint density at radius 2 is 2.30 bits per heavy atom. The summed E-state index contributed by atoms with van der Waals surface area (Å²) < 4.78 is 4.81. The lowest BCUT2D eigenvalue weighted by molar-refractivity contribution is 0.158. The number of nitrogens with zero attached hydrogens (tertiary/aromatic N) is 2. The molecule has 7 nitrogen and oxygen atoms in total. The first-order valence-electron chi connectivity index (χ1n) is 6.57. The van der Waals surface area contributed by atoms with Gasteiger partial charge >= 0.3 is 12.1 Å². The van der Waals surface area contributed by atoms with E-state index in [1.165, 1.54) is 0 Å². The average Bonchev–Trinajstić information content (AvgIpc) is 3.07. The molecule has 1 aliphatic heterocycles. The largest absolute Gasteiger partial charge is 0.448 e. The van der Waals surface area contributed by atoms with E-state index in [0.29, 0.717) is 32.8 Å². The number of carbonyl (C=O) groups is 2. The van der Waals surface area contributed by atoms with Crippen molar-refractivity contribution in [2.45, 2.75) is 12.8 Å². The molecule has 1 aromatic rings. The van der Waals surface area contributed by atoms with Gasteiger partial charge in [0.25, 0.3) is 0 Å². The maximum atomic E-state index is 11.5. The number of cyclic esters (lactones) is 1. The van der Waals surface area contributed by atoms with E-state index in [4.69, 9.17) is 4.74 Å². The maximum absolute atomic E-state index is 11.5. The monoisotopic (exact) mass is 298 g/mol. The Balaban J connectivity index is 1.48. The minimum Gasteiger partial charge on any atom is -0.448 e. The summed E-state index contributed by atoms with van der Waals surface area (Å²) in [5.74, 6) is 0. The topological polar surface area (TPSA) is 83.6 Å². The molecule has 0 spiro atoms. The van der Waals surface area contributed by atoms with E-state index in [1.54, 1.807) is 22.4 Å². The van der Waals surface area contributed by atoms with Crippen molar-refractivity contribution in [1.82, 2.24) is 20.5 Å². The van der Waals surface area contributed by atoms with Crippen molar-refractivity contribution in [1.29, 1.82) is 0 Å². The quantitative estimate of drug-likeness (QED) is 0.730. The highest BCUT2D eigenvalue weighted by molar-refractivity contribution is 7.09. The Labute approximate surface area is 121 Å². The van der Waals surface area contributed by atoms with Crippen molar-refractivity contribution in [3.8, 4) is 0 Å². The molecular weight excluding hydrogens is 280 g/mol. The van der Waals surface area contributed by atoms with Crippen LogP contribution in [-0.4, -0.2) is 54.8 Å². The first-order valence-corrected chi connectivity index (χ1v) is 7.45. The van der Waals surface area contributed by atoms with Gasteiger partial charge < -0.3 is 20.3 Å². The Hall–Kier alpha value is -1.83. The highest BCUT2D eigenvalue weighted by atomic mass is 32.1. The van der Waals surface area contributed by atoms with Crippen LogP contribution in [0.3, 0.4) is 0 Å². The van der Waals surface area contributed by atoms with Gasteiger partial charge in [0, 0.05) is 37.6 Å². The summed E-state index contributed by atoms with van der Waals surface area (Å²) in [6, 6.07) is -0.189. The zero-order valence-corrected chi connectivity index (χ0v) is 11.9. The van der Waals surface area contributed by atoms with E-state index in [-0.39, 0.29) is 12.1 Å². The van der Waals surface area contributed by atoms with Crippen LogP contribution in [0.25, 0.3) is 0 Å². The molecule has 0 aliphatic carbocycles. The number of urea groups is 1. The van der Waals surface area contributed by atoms with Crippen LogP contribution in [0.4, 0.5) is 9.59 Å². The van der Waals surface area contributed by atoms with E-state index < -0.39 is 0 Å². The summed E-state index contributed by atoms with van der Waals surface area (Å²) in [4.78, 5) is 28.4. The van der Waals surface area contributed by atoms with Crippen LogP contribution >= 0.6 is 11.3 Å². The number of carbonyl (C=O) groups excluding carboxylic acids is 2. The lowest BCUT2D eigenvalue weighted by Crippen LogP contribution is -2.38. The number of nitrogens with one attached hydrogen (secondary N) is 2. The number of hydrogen-bond acceptors (Lipinski definition) is 5. The molecule has 1 aliphatic rings. The smallest absolute Gasteiger partial charge is 0.409 e. The first-order chi connectivity index (χ1) is 9.75. The van der Waals surface area contributed by atoms with Gasteiger partial charge in [0.05, 0.1) is 11.6 Å². The van der Waals surface area contributed by atoms with Crippen LogP contribution in [0, 0.1) is 0 Å². The minimum absolute atomic E-state index is 0.189. The van der Waals surface area contributed by atoms with Crippen molar-refractivity contribution in [3.05, 3.63) is 16.6 Å². The second-order valence-corrected chi connectivity index (χ2v) is 5.29. The fourth-order valence-corrected chi connectivity index (χ4v) is 2.44. The second kappa shape index (κ2) is 7.68. The van der Waals surface area contributed by atoms with Crippen molar-refractivity contribution in [2.75, 3.05) is 32.8 Å². The molecule has 110 valence electrons. The molecule has 3 amide bonds. The summed E-state index contributed by atoms with van der Waals surface area (Å²) in [6.07, 6.45) is 2.95. The van der Waals surface area contributed by atoms with Crippen LogP contribution in [0.15, 0.2) is 11.6 Å². The molecule has 0 bridgehead atoms. The SMILES string of the molecule is O=C(NCCCN1CCOC1=O)NCCc1nccs1. The number of rotatable bonds is 7. The van der Waals surface area contributed by atoms with Crippen LogP contribution in [0.2, 0.25) is 0 Å². The van der Waals surface area contributed by atoms with Gasteiger partial charge in [-0.25, -0.2) is 14.6 Å². The lowest BCUT2D eigenvalue weighted by atomic mass is 10.4. The number of thiazole rings is 1. The Kier molecular flexibility index (Phi) is 5.60. The van der Waals surface area contributed by atoms with Crippen molar-refractivity contribution in [2.24, 2.45) is 0 Å². The third-order valence-corrected chi connectivity index (χ3v) is 3.68. The van der Waals surface area contributed by atoms with Crippen molar-refractivity contribution in [3.63, 3.8) is 0 Å². The molecule has 0 aromatic carbocycles. The number of amides is 3.